The largest absolute Gasteiger partial charge is 0.416 e. The zero-order chi connectivity index (χ0) is 17.2. The zero-order valence-corrected chi connectivity index (χ0v) is 13.6. The summed E-state index contributed by atoms with van der Waals surface area (Å²) in [5.41, 5.74) is -0.606. The Balaban J connectivity index is 2.26. The summed E-state index contributed by atoms with van der Waals surface area (Å²) < 4.78 is 52.2. The molecule has 2 aromatic rings. The summed E-state index contributed by atoms with van der Waals surface area (Å²) in [5.74, 6) is -1.02. The molecule has 0 aromatic heterocycles. The molecule has 7 heteroatoms. The van der Waals surface area contributed by atoms with E-state index < -0.39 is 23.5 Å². The average molecular weight is 390 g/mol. The van der Waals surface area contributed by atoms with Crippen molar-refractivity contribution in [2.45, 2.75) is 12.7 Å². The molecule has 0 aliphatic carbocycles. The Kier molecular flexibility index (Phi) is 5.09. The lowest BCUT2D eigenvalue weighted by molar-refractivity contribution is -0.138. The van der Waals surface area contributed by atoms with E-state index in [2.05, 4.69) is 15.9 Å². The van der Waals surface area contributed by atoms with Crippen LogP contribution in [0.2, 0.25) is 0 Å². The van der Waals surface area contributed by atoms with Crippen LogP contribution in [-0.2, 0) is 12.7 Å². The molecule has 0 saturated heterocycles. The third-order valence-corrected chi connectivity index (χ3v) is 3.89. The van der Waals surface area contributed by atoms with Crippen molar-refractivity contribution in [2.75, 3.05) is 7.05 Å². The first kappa shape index (κ1) is 17.5. The lowest BCUT2D eigenvalue weighted by atomic mass is 10.1. The van der Waals surface area contributed by atoms with Gasteiger partial charge in [0.2, 0.25) is 0 Å². The number of amides is 1. The van der Waals surface area contributed by atoms with Gasteiger partial charge in [0.25, 0.3) is 5.91 Å². The fourth-order valence-electron chi connectivity index (χ4n) is 2.13. The molecule has 2 nitrogen and oxygen atoms in total. The van der Waals surface area contributed by atoms with Crippen LogP contribution >= 0.6 is 15.9 Å². The molecule has 0 fully saturated rings. The Hall–Kier alpha value is -1.89. The molecular weight excluding hydrogens is 378 g/mol. The van der Waals surface area contributed by atoms with Gasteiger partial charge in [-0.15, -0.1) is 0 Å². The molecule has 122 valence electrons. The molecular formula is C16H12BrF4NO. The van der Waals surface area contributed by atoms with Gasteiger partial charge in [-0.25, -0.2) is 4.39 Å². The number of benzene rings is 2. The molecule has 0 unspecified atom stereocenters. The zero-order valence-electron chi connectivity index (χ0n) is 12.0. The normalized spacial score (nSPS) is 11.4. The average Bonchev–Trinajstić information content (AvgIpc) is 2.46. The summed E-state index contributed by atoms with van der Waals surface area (Å²) in [6.07, 6.45) is -4.49. The maximum Gasteiger partial charge on any atom is 0.416 e. The number of nitrogens with zero attached hydrogens (tertiary/aromatic N) is 1. The van der Waals surface area contributed by atoms with Gasteiger partial charge in [0.05, 0.1) is 11.1 Å². The molecule has 0 heterocycles. The predicted octanol–water partition coefficient (Wildman–Crippen LogP) is 4.88. The number of carbonyl (C=O) groups is 1. The van der Waals surface area contributed by atoms with E-state index in [1.54, 1.807) is 0 Å². The summed E-state index contributed by atoms with van der Waals surface area (Å²) in [4.78, 5) is 13.5. The Morgan fingerprint density at radius 2 is 1.83 bits per heavy atom. The molecule has 0 aliphatic rings. The van der Waals surface area contributed by atoms with Crippen LogP contribution in [0.15, 0.2) is 46.9 Å². The molecule has 0 spiro atoms. The predicted molar refractivity (Wildman–Crippen MR) is 81.3 cm³/mol. The minimum atomic E-state index is -4.49. The van der Waals surface area contributed by atoms with E-state index in [9.17, 15) is 22.4 Å². The van der Waals surface area contributed by atoms with Crippen molar-refractivity contribution in [2.24, 2.45) is 0 Å². The fraction of sp³-hybridized carbons (Fsp3) is 0.188. The third kappa shape index (κ3) is 4.10. The first-order valence-electron chi connectivity index (χ1n) is 6.56. The summed E-state index contributed by atoms with van der Waals surface area (Å²) in [5, 5.41) is 0. The summed E-state index contributed by atoms with van der Waals surface area (Å²) >= 11 is 3.08. The second-order valence-electron chi connectivity index (χ2n) is 4.94. The van der Waals surface area contributed by atoms with Gasteiger partial charge in [-0.2, -0.15) is 13.2 Å². The first-order chi connectivity index (χ1) is 10.7. The Morgan fingerprint density at radius 1 is 1.17 bits per heavy atom. The van der Waals surface area contributed by atoms with Crippen molar-refractivity contribution < 1.29 is 22.4 Å². The second kappa shape index (κ2) is 6.70. The van der Waals surface area contributed by atoms with E-state index >= 15 is 0 Å². The van der Waals surface area contributed by atoms with Crippen LogP contribution < -0.4 is 0 Å². The SMILES string of the molecule is CN(Cc1ccccc1C(F)(F)F)C(=O)c1ccc(F)cc1Br. The topological polar surface area (TPSA) is 20.3 Å². The smallest absolute Gasteiger partial charge is 0.337 e. The summed E-state index contributed by atoms with van der Waals surface area (Å²) in [6.45, 7) is -0.210. The van der Waals surface area contributed by atoms with Crippen molar-refractivity contribution in [3.8, 4) is 0 Å². The van der Waals surface area contributed by atoms with Gasteiger partial charge >= 0.3 is 6.18 Å². The van der Waals surface area contributed by atoms with Crippen molar-refractivity contribution >= 4 is 21.8 Å². The molecule has 0 bridgehead atoms. The lowest BCUT2D eigenvalue weighted by Crippen LogP contribution is -2.27. The maximum atomic E-state index is 13.1. The third-order valence-electron chi connectivity index (χ3n) is 3.24. The molecule has 23 heavy (non-hydrogen) atoms. The van der Waals surface area contributed by atoms with Gasteiger partial charge < -0.3 is 4.90 Å². The van der Waals surface area contributed by atoms with Crippen LogP contribution in [0.1, 0.15) is 21.5 Å². The molecule has 0 aliphatic heterocycles. The first-order valence-corrected chi connectivity index (χ1v) is 7.35. The van der Waals surface area contributed by atoms with E-state index in [0.29, 0.717) is 0 Å². The van der Waals surface area contributed by atoms with Crippen LogP contribution in [-0.4, -0.2) is 17.9 Å². The minimum absolute atomic E-state index is 0.00548. The molecule has 1 amide bonds. The van der Waals surface area contributed by atoms with Crippen molar-refractivity contribution in [1.29, 1.82) is 0 Å². The molecule has 0 radical (unpaired) electrons. The Labute approximate surface area is 138 Å². The molecule has 2 rings (SSSR count). The van der Waals surface area contributed by atoms with Crippen LogP contribution in [0.4, 0.5) is 17.6 Å². The lowest BCUT2D eigenvalue weighted by Gasteiger charge is -2.20. The van der Waals surface area contributed by atoms with E-state index in [1.807, 2.05) is 0 Å². The summed E-state index contributed by atoms with van der Waals surface area (Å²) in [6, 6.07) is 8.61. The highest BCUT2D eigenvalue weighted by Crippen LogP contribution is 2.32. The Morgan fingerprint density at radius 3 is 2.43 bits per heavy atom. The number of carbonyl (C=O) groups excluding carboxylic acids is 1. The fourth-order valence-corrected chi connectivity index (χ4v) is 2.65. The van der Waals surface area contributed by atoms with E-state index in [0.717, 1.165) is 23.1 Å². The number of halogens is 5. The van der Waals surface area contributed by atoms with Gasteiger partial charge in [0.15, 0.2) is 0 Å². The number of hydrogen-bond acceptors (Lipinski definition) is 1. The molecule has 0 saturated carbocycles. The number of alkyl halides is 3. The quantitative estimate of drug-likeness (QED) is 0.685. The highest BCUT2D eigenvalue weighted by molar-refractivity contribution is 9.10. The van der Waals surface area contributed by atoms with E-state index in [1.165, 1.54) is 31.3 Å². The molecule has 0 N–H and O–H groups in total. The Bertz CT molecular complexity index is 730. The molecule has 2 aromatic carbocycles. The van der Waals surface area contributed by atoms with Gasteiger partial charge in [-0.1, -0.05) is 18.2 Å². The van der Waals surface area contributed by atoms with Gasteiger partial charge in [0, 0.05) is 18.1 Å². The van der Waals surface area contributed by atoms with Crippen molar-refractivity contribution in [1.82, 2.24) is 4.90 Å². The second-order valence-corrected chi connectivity index (χ2v) is 5.79. The highest BCUT2D eigenvalue weighted by atomic mass is 79.9. The maximum absolute atomic E-state index is 13.1. The van der Waals surface area contributed by atoms with E-state index in [4.69, 9.17) is 0 Å². The number of rotatable bonds is 3. The van der Waals surface area contributed by atoms with Crippen molar-refractivity contribution in [3.63, 3.8) is 0 Å². The van der Waals surface area contributed by atoms with Crippen LogP contribution in [0.5, 0.6) is 0 Å². The highest BCUT2D eigenvalue weighted by Gasteiger charge is 2.33. The number of hydrogen-bond donors (Lipinski definition) is 0. The van der Waals surface area contributed by atoms with Crippen molar-refractivity contribution in [3.05, 3.63) is 69.4 Å². The van der Waals surface area contributed by atoms with Gasteiger partial charge in [-0.05, 0) is 45.8 Å². The van der Waals surface area contributed by atoms with Crippen LogP contribution in [0.25, 0.3) is 0 Å². The van der Waals surface area contributed by atoms with Crippen LogP contribution in [0, 0.1) is 5.82 Å². The summed E-state index contributed by atoms with van der Waals surface area (Å²) in [7, 11) is 1.39. The van der Waals surface area contributed by atoms with Crippen LogP contribution in [0.3, 0.4) is 0 Å². The molecule has 0 atom stereocenters. The van der Waals surface area contributed by atoms with Gasteiger partial charge in [-0.3, -0.25) is 4.79 Å². The monoisotopic (exact) mass is 389 g/mol. The van der Waals surface area contributed by atoms with Gasteiger partial charge in [0.1, 0.15) is 5.82 Å². The van der Waals surface area contributed by atoms with E-state index in [-0.39, 0.29) is 22.1 Å². The minimum Gasteiger partial charge on any atom is -0.337 e. The standard InChI is InChI=1S/C16H12BrF4NO/c1-22(15(23)12-7-6-11(18)8-14(12)17)9-10-4-2-3-5-13(10)16(19,20)21/h2-8H,9H2,1H3.